The predicted octanol–water partition coefficient (Wildman–Crippen LogP) is -0.680. The third kappa shape index (κ3) is 2.82. The highest BCUT2D eigenvalue weighted by molar-refractivity contribution is 7.89. The molecule has 8 heteroatoms. The van der Waals surface area contributed by atoms with Gasteiger partial charge in [0.25, 0.3) is 0 Å². The van der Waals surface area contributed by atoms with Crippen LogP contribution in [-0.4, -0.2) is 44.3 Å². The van der Waals surface area contributed by atoms with E-state index in [-0.39, 0.29) is 17.1 Å². The normalized spacial score (nSPS) is 11.0. The molecule has 0 spiro atoms. The Labute approximate surface area is 105 Å². The number of aromatic nitrogens is 1. The minimum absolute atomic E-state index is 0.193. The van der Waals surface area contributed by atoms with Crippen LogP contribution in [0.5, 0.6) is 0 Å². The second-order valence-electron chi connectivity index (χ2n) is 3.40. The summed E-state index contributed by atoms with van der Waals surface area (Å²) in [6.45, 7) is -0.321. The number of nitrogens with one attached hydrogen (secondary N) is 1. The fourth-order valence-electron chi connectivity index (χ4n) is 1.22. The first kappa shape index (κ1) is 14.1. The van der Waals surface area contributed by atoms with Crippen molar-refractivity contribution in [3.63, 3.8) is 0 Å². The van der Waals surface area contributed by atoms with Crippen molar-refractivity contribution in [1.82, 2.24) is 14.6 Å². The highest BCUT2D eigenvalue weighted by Crippen LogP contribution is 2.16. The van der Waals surface area contributed by atoms with E-state index in [9.17, 15) is 13.2 Å². The van der Waals surface area contributed by atoms with Gasteiger partial charge in [-0.2, -0.15) is 9.57 Å². The number of hydrogen-bond donors (Lipinski definition) is 1. The highest BCUT2D eigenvalue weighted by atomic mass is 32.2. The molecule has 1 heterocycles. The van der Waals surface area contributed by atoms with E-state index in [2.05, 4.69) is 10.3 Å². The number of hydrogen-bond acceptors (Lipinski definition) is 5. The van der Waals surface area contributed by atoms with Gasteiger partial charge in [-0.25, -0.2) is 13.4 Å². The summed E-state index contributed by atoms with van der Waals surface area (Å²) in [7, 11) is -1.23. The lowest BCUT2D eigenvalue weighted by Gasteiger charge is -2.16. The molecule has 0 aliphatic carbocycles. The smallest absolute Gasteiger partial charge is 0.246 e. The molecule has 0 atom stereocenters. The van der Waals surface area contributed by atoms with E-state index in [1.165, 1.54) is 32.4 Å². The van der Waals surface area contributed by atoms with Gasteiger partial charge < -0.3 is 5.32 Å². The molecule has 0 radical (unpaired) electrons. The van der Waals surface area contributed by atoms with Crippen LogP contribution < -0.4 is 5.32 Å². The Hall–Kier alpha value is -1.98. The third-order valence-electron chi connectivity index (χ3n) is 2.21. The Morgan fingerprint density at radius 1 is 1.61 bits per heavy atom. The van der Waals surface area contributed by atoms with Gasteiger partial charge in [-0.15, -0.1) is 0 Å². The summed E-state index contributed by atoms with van der Waals surface area (Å²) in [4.78, 5) is 14.6. The lowest BCUT2D eigenvalue weighted by atomic mass is 10.4. The molecule has 1 N–H and O–H groups in total. The summed E-state index contributed by atoms with van der Waals surface area (Å²) in [5, 5.41) is 11.1. The van der Waals surface area contributed by atoms with Crippen molar-refractivity contribution >= 4 is 15.9 Å². The molecule has 0 aliphatic rings. The molecule has 1 rings (SSSR count). The van der Waals surface area contributed by atoms with Crippen molar-refractivity contribution in [2.45, 2.75) is 4.90 Å². The standard InChI is InChI=1S/C10H12N4O3S/c1-12-10(15)7-14(2)18(16,17)9-4-3-5-13-8(9)6-11/h3-5H,7H2,1-2H3,(H,12,15). The monoisotopic (exact) mass is 268 g/mol. The minimum atomic E-state index is -3.90. The first-order valence-corrected chi connectivity index (χ1v) is 6.39. The zero-order valence-corrected chi connectivity index (χ0v) is 10.7. The fourth-order valence-corrected chi connectivity index (χ4v) is 2.43. The number of amides is 1. The summed E-state index contributed by atoms with van der Waals surface area (Å²) in [5.74, 6) is -0.441. The minimum Gasteiger partial charge on any atom is -0.358 e. The zero-order chi connectivity index (χ0) is 13.8. The summed E-state index contributed by atoms with van der Waals surface area (Å²) >= 11 is 0. The molecule has 0 unspecified atom stereocenters. The molecule has 0 saturated heterocycles. The quantitative estimate of drug-likeness (QED) is 0.779. The molecule has 7 nitrogen and oxygen atoms in total. The van der Waals surface area contributed by atoms with Gasteiger partial charge >= 0.3 is 0 Å². The number of nitriles is 1. The van der Waals surface area contributed by atoms with Crippen LogP contribution >= 0.6 is 0 Å². The maximum absolute atomic E-state index is 12.1. The van der Waals surface area contributed by atoms with Crippen LogP contribution in [0.15, 0.2) is 23.2 Å². The number of pyridine rings is 1. The summed E-state index contributed by atoms with van der Waals surface area (Å²) in [6, 6.07) is 4.40. The van der Waals surface area contributed by atoms with Crippen LogP contribution in [0.3, 0.4) is 0 Å². The average molecular weight is 268 g/mol. The number of rotatable bonds is 4. The first-order chi connectivity index (χ1) is 8.43. The Kier molecular flexibility index (Phi) is 4.36. The zero-order valence-electron chi connectivity index (χ0n) is 9.91. The Morgan fingerprint density at radius 3 is 2.83 bits per heavy atom. The second kappa shape index (κ2) is 5.57. The van der Waals surface area contributed by atoms with Gasteiger partial charge in [-0.05, 0) is 12.1 Å². The van der Waals surface area contributed by atoms with E-state index in [0.29, 0.717) is 0 Å². The van der Waals surface area contributed by atoms with Crippen molar-refractivity contribution < 1.29 is 13.2 Å². The molecular formula is C10H12N4O3S. The summed E-state index contributed by atoms with van der Waals surface area (Å²) < 4.78 is 25.1. The Balaban J connectivity index is 3.14. The van der Waals surface area contributed by atoms with Crippen LogP contribution in [0.25, 0.3) is 0 Å². The molecular weight excluding hydrogens is 256 g/mol. The van der Waals surface area contributed by atoms with E-state index in [4.69, 9.17) is 5.26 Å². The van der Waals surface area contributed by atoms with Crippen molar-refractivity contribution in [3.05, 3.63) is 24.0 Å². The number of carbonyl (C=O) groups excluding carboxylic acids is 1. The molecule has 0 fully saturated rings. The van der Waals surface area contributed by atoms with Crippen LogP contribution in [0.4, 0.5) is 0 Å². The molecule has 1 aromatic heterocycles. The lowest BCUT2D eigenvalue weighted by molar-refractivity contribution is -0.120. The van der Waals surface area contributed by atoms with Crippen molar-refractivity contribution in [1.29, 1.82) is 5.26 Å². The van der Waals surface area contributed by atoms with E-state index < -0.39 is 15.9 Å². The average Bonchev–Trinajstić information content (AvgIpc) is 2.38. The van der Waals surface area contributed by atoms with E-state index in [1.54, 1.807) is 6.07 Å². The van der Waals surface area contributed by atoms with Crippen LogP contribution in [-0.2, 0) is 14.8 Å². The van der Waals surface area contributed by atoms with Gasteiger partial charge in [0.15, 0.2) is 5.69 Å². The van der Waals surface area contributed by atoms with Crippen molar-refractivity contribution in [3.8, 4) is 6.07 Å². The van der Waals surface area contributed by atoms with E-state index in [1.807, 2.05) is 0 Å². The Bertz CT molecular complexity index is 591. The maximum Gasteiger partial charge on any atom is 0.246 e. The molecule has 96 valence electrons. The fraction of sp³-hybridized carbons (Fsp3) is 0.300. The Morgan fingerprint density at radius 2 is 2.28 bits per heavy atom. The highest BCUT2D eigenvalue weighted by Gasteiger charge is 2.25. The van der Waals surface area contributed by atoms with E-state index in [0.717, 1.165) is 4.31 Å². The van der Waals surface area contributed by atoms with Gasteiger partial charge in [-0.1, -0.05) is 0 Å². The first-order valence-electron chi connectivity index (χ1n) is 4.95. The number of sulfonamides is 1. The van der Waals surface area contributed by atoms with Crippen LogP contribution in [0, 0.1) is 11.3 Å². The van der Waals surface area contributed by atoms with Crippen LogP contribution in [0.2, 0.25) is 0 Å². The van der Waals surface area contributed by atoms with Crippen LogP contribution in [0.1, 0.15) is 5.69 Å². The number of carbonyl (C=O) groups is 1. The molecule has 0 aromatic carbocycles. The maximum atomic E-state index is 12.1. The summed E-state index contributed by atoms with van der Waals surface area (Å²) in [6.07, 6.45) is 1.33. The van der Waals surface area contributed by atoms with Gasteiger partial charge in [0, 0.05) is 20.3 Å². The molecule has 1 aromatic rings. The van der Waals surface area contributed by atoms with Gasteiger partial charge in [0.05, 0.1) is 6.54 Å². The molecule has 1 amide bonds. The third-order valence-corrected chi connectivity index (χ3v) is 4.04. The number of nitrogens with zero attached hydrogens (tertiary/aromatic N) is 3. The van der Waals surface area contributed by atoms with Crippen molar-refractivity contribution in [2.75, 3.05) is 20.6 Å². The molecule has 18 heavy (non-hydrogen) atoms. The lowest BCUT2D eigenvalue weighted by Crippen LogP contribution is -2.37. The largest absolute Gasteiger partial charge is 0.358 e. The second-order valence-corrected chi connectivity index (χ2v) is 5.41. The number of likely N-dealkylation sites (N-methyl/N-ethyl adjacent to an activating group) is 2. The van der Waals surface area contributed by atoms with Gasteiger partial charge in [0.2, 0.25) is 15.9 Å². The topological polar surface area (TPSA) is 103 Å². The van der Waals surface area contributed by atoms with Gasteiger partial charge in [-0.3, -0.25) is 4.79 Å². The molecule has 0 saturated carbocycles. The van der Waals surface area contributed by atoms with Crippen molar-refractivity contribution in [2.24, 2.45) is 0 Å². The van der Waals surface area contributed by atoms with E-state index >= 15 is 0 Å². The van der Waals surface area contributed by atoms with Gasteiger partial charge in [0.1, 0.15) is 11.0 Å². The molecule has 0 aliphatic heterocycles. The SMILES string of the molecule is CNC(=O)CN(C)S(=O)(=O)c1cccnc1C#N. The predicted molar refractivity (Wildman–Crippen MR) is 62.8 cm³/mol. The summed E-state index contributed by atoms with van der Waals surface area (Å²) in [5.41, 5.74) is -0.193. The molecule has 0 bridgehead atoms.